The molecule has 0 unspecified atom stereocenters. The van der Waals surface area contributed by atoms with E-state index in [9.17, 15) is 5.26 Å². The number of rotatable bonds is 7. The molecule has 1 heterocycles. The minimum absolute atomic E-state index is 0.588. The van der Waals surface area contributed by atoms with Crippen LogP contribution in [0.5, 0.6) is 0 Å². The van der Waals surface area contributed by atoms with E-state index in [1.54, 1.807) is 0 Å². The van der Waals surface area contributed by atoms with Crippen molar-refractivity contribution in [3.05, 3.63) is 236 Å². The highest BCUT2D eigenvalue weighted by Gasteiger charge is 2.19. The van der Waals surface area contributed by atoms with Crippen LogP contribution < -0.4 is 0 Å². The maximum absolute atomic E-state index is 10.5. The average molecular weight is 839 g/mol. The molecule has 0 amide bonds. The van der Waals surface area contributed by atoms with Crippen molar-refractivity contribution in [3.8, 4) is 84.7 Å². The fraction of sp³-hybridized carbons (Fsp3) is 0. The molecule has 4 heteroatoms. The fourth-order valence-electron chi connectivity index (χ4n) is 9.56. The molecule has 66 heavy (non-hydrogen) atoms. The van der Waals surface area contributed by atoms with Gasteiger partial charge in [-0.15, -0.1) is 0 Å². The van der Waals surface area contributed by atoms with Crippen LogP contribution in [0, 0.1) is 11.3 Å². The predicted octanol–water partition coefficient (Wildman–Crippen LogP) is 16.0. The minimum Gasteiger partial charge on any atom is -0.208 e. The molecule has 0 spiro atoms. The zero-order valence-corrected chi connectivity index (χ0v) is 35.7. The summed E-state index contributed by atoms with van der Waals surface area (Å²) in [6.45, 7) is 0. The van der Waals surface area contributed by atoms with Crippen molar-refractivity contribution in [2.75, 3.05) is 0 Å². The van der Waals surface area contributed by atoms with Crippen LogP contribution in [0.15, 0.2) is 231 Å². The summed E-state index contributed by atoms with van der Waals surface area (Å²) in [6.07, 6.45) is 0. The molecule has 11 aromatic carbocycles. The van der Waals surface area contributed by atoms with Gasteiger partial charge in [-0.25, -0.2) is 15.0 Å². The van der Waals surface area contributed by atoms with E-state index in [1.807, 2.05) is 48.5 Å². The van der Waals surface area contributed by atoms with E-state index in [-0.39, 0.29) is 0 Å². The van der Waals surface area contributed by atoms with Crippen molar-refractivity contribution < 1.29 is 0 Å². The molecule has 0 bridgehead atoms. The van der Waals surface area contributed by atoms with Crippen molar-refractivity contribution in [2.45, 2.75) is 0 Å². The zero-order chi connectivity index (χ0) is 44.0. The molecule has 0 aliphatic carbocycles. The Morgan fingerprint density at radius 3 is 1.55 bits per heavy atom. The van der Waals surface area contributed by atoms with E-state index in [0.717, 1.165) is 72.0 Å². The maximum Gasteiger partial charge on any atom is 0.164 e. The highest BCUT2D eigenvalue weighted by Crippen LogP contribution is 2.40. The molecule has 0 saturated carbocycles. The monoisotopic (exact) mass is 838 g/mol. The van der Waals surface area contributed by atoms with Gasteiger partial charge in [0, 0.05) is 22.3 Å². The van der Waals surface area contributed by atoms with Crippen LogP contribution in [0.25, 0.3) is 122 Å². The first kappa shape index (κ1) is 38.6. The van der Waals surface area contributed by atoms with Crippen molar-refractivity contribution in [3.63, 3.8) is 0 Å². The first-order valence-corrected chi connectivity index (χ1v) is 22.1. The Hall–Kier alpha value is -9.04. The Balaban J connectivity index is 0.951. The third-order valence-corrected chi connectivity index (χ3v) is 12.8. The highest BCUT2D eigenvalue weighted by molar-refractivity contribution is 6.12. The third-order valence-electron chi connectivity index (χ3n) is 12.8. The number of nitrogens with zero attached hydrogens (tertiary/aromatic N) is 4. The lowest BCUT2D eigenvalue weighted by atomic mass is 9.88. The molecule has 12 rings (SSSR count). The smallest absolute Gasteiger partial charge is 0.164 e. The standard InChI is InChI=1S/C62H38N4/c63-39-49-19-11-24-53(59(49)44-32-27-40(28-33-44)46-34-31-43-30-29-41-13-5-7-21-51(41)58(43)38-46)48-18-10-17-47(37-48)52-22-8-9-23-56(52)61-64-60(45-15-2-1-3-16-45)65-62(66-61)57-26-12-25-54-50-20-6-4-14-42(50)35-36-55(54)57/h1-38H. The van der Waals surface area contributed by atoms with E-state index in [2.05, 4.69) is 188 Å². The number of hydrogen-bond donors (Lipinski definition) is 0. The van der Waals surface area contributed by atoms with E-state index < -0.39 is 0 Å². The number of nitriles is 1. The molecule has 0 atom stereocenters. The van der Waals surface area contributed by atoms with Crippen LogP contribution in [0.2, 0.25) is 0 Å². The van der Waals surface area contributed by atoms with Gasteiger partial charge in [0.1, 0.15) is 0 Å². The van der Waals surface area contributed by atoms with Gasteiger partial charge >= 0.3 is 0 Å². The fourth-order valence-corrected chi connectivity index (χ4v) is 9.56. The Bertz CT molecular complexity index is 3890. The normalized spacial score (nSPS) is 11.3. The number of hydrogen-bond acceptors (Lipinski definition) is 4. The van der Waals surface area contributed by atoms with Crippen molar-refractivity contribution in [1.29, 1.82) is 5.26 Å². The molecular weight excluding hydrogens is 801 g/mol. The quantitative estimate of drug-likeness (QED) is 0.150. The summed E-state index contributed by atoms with van der Waals surface area (Å²) in [6, 6.07) is 82.9. The van der Waals surface area contributed by atoms with Gasteiger partial charge in [-0.3, -0.25) is 0 Å². The van der Waals surface area contributed by atoms with Gasteiger partial charge in [-0.05, 0) is 100 Å². The summed E-state index contributed by atoms with van der Waals surface area (Å²) in [7, 11) is 0. The first-order valence-electron chi connectivity index (χ1n) is 22.1. The van der Waals surface area contributed by atoms with Crippen LogP contribution >= 0.6 is 0 Å². The topological polar surface area (TPSA) is 62.5 Å². The summed E-state index contributed by atoms with van der Waals surface area (Å²) in [5, 5.41) is 20.1. The minimum atomic E-state index is 0.588. The maximum atomic E-state index is 10.5. The first-order chi connectivity index (χ1) is 32.7. The molecule has 0 radical (unpaired) electrons. The largest absolute Gasteiger partial charge is 0.208 e. The lowest BCUT2D eigenvalue weighted by Crippen LogP contribution is -2.01. The molecule has 0 N–H and O–H groups in total. The van der Waals surface area contributed by atoms with Crippen LogP contribution in [-0.4, -0.2) is 15.0 Å². The Kier molecular flexibility index (Phi) is 9.51. The Morgan fingerprint density at radius 1 is 0.273 bits per heavy atom. The molecular formula is C62H38N4. The number of benzene rings is 11. The van der Waals surface area contributed by atoms with Crippen LogP contribution in [0.3, 0.4) is 0 Å². The number of fused-ring (bicyclic) bond motifs is 6. The van der Waals surface area contributed by atoms with E-state index in [1.165, 1.54) is 32.3 Å². The van der Waals surface area contributed by atoms with Crippen LogP contribution in [0.1, 0.15) is 5.56 Å². The van der Waals surface area contributed by atoms with Gasteiger partial charge in [0.25, 0.3) is 0 Å². The lowest BCUT2D eigenvalue weighted by molar-refractivity contribution is 1.08. The highest BCUT2D eigenvalue weighted by atomic mass is 15.0. The molecule has 0 saturated heterocycles. The molecule has 1 aromatic heterocycles. The summed E-state index contributed by atoms with van der Waals surface area (Å²) in [5.41, 5.74) is 11.5. The van der Waals surface area contributed by atoms with Crippen molar-refractivity contribution >= 4 is 43.1 Å². The van der Waals surface area contributed by atoms with Gasteiger partial charge in [-0.1, -0.05) is 212 Å². The van der Waals surface area contributed by atoms with E-state index in [0.29, 0.717) is 23.0 Å². The molecule has 0 aliphatic heterocycles. The van der Waals surface area contributed by atoms with Crippen molar-refractivity contribution in [2.24, 2.45) is 0 Å². The number of aromatic nitrogens is 3. The van der Waals surface area contributed by atoms with Gasteiger partial charge < -0.3 is 0 Å². The van der Waals surface area contributed by atoms with E-state index in [4.69, 9.17) is 15.0 Å². The second-order valence-electron chi connectivity index (χ2n) is 16.6. The molecule has 306 valence electrons. The van der Waals surface area contributed by atoms with Crippen LogP contribution in [0.4, 0.5) is 0 Å². The summed E-state index contributed by atoms with van der Waals surface area (Å²) in [4.78, 5) is 15.6. The predicted molar refractivity (Wildman–Crippen MR) is 273 cm³/mol. The summed E-state index contributed by atoms with van der Waals surface area (Å²) < 4.78 is 0. The van der Waals surface area contributed by atoms with Gasteiger partial charge in [-0.2, -0.15) is 5.26 Å². The van der Waals surface area contributed by atoms with Gasteiger partial charge in [0.05, 0.1) is 11.6 Å². The zero-order valence-electron chi connectivity index (χ0n) is 35.7. The summed E-state index contributed by atoms with van der Waals surface area (Å²) in [5.74, 6) is 1.81. The second kappa shape index (κ2) is 16.3. The van der Waals surface area contributed by atoms with Gasteiger partial charge in [0.15, 0.2) is 17.5 Å². The Morgan fingerprint density at radius 2 is 0.773 bits per heavy atom. The Labute approximate surface area is 382 Å². The lowest BCUT2D eigenvalue weighted by Gasteiger charge is -2.16. The SMILES string of the molecule is N#Cc1cccc(-c2cccc(-c3ccccc3-c3nc(-c4ccccc4)nc(-c4cccc5c4ccc4ccccc45)n3)c2)c1-c1ccc(-c2ccc3ccc4ccccc4c3c2)cc1. The van der Waals surface area contributed by atoms with Crippen molar-refractivity contribution in [1.82, 2.24) is 15.0 Å². The second-order valence-corrected chi connectivity index (χ2v) is 16.6. The van der Waals surface area contributed by atoms with Gasteiger partial charge in [0.2, 0.25) is 0 Å². The molecule has 4 nitrogen and oxygen atoms in total. The molecule has 0 aliphatic rings. The summed E-state index contributed by atoms with van der Waals surface area (Å²) >= 11 is 0. The third kappa shape index (κ3) is 6.84. The van der Waals surface area contributed by atoms with E-state index >= 15 is 0 Å². The molecule has 12 aromatic rings. The van der Waals surface area contributed by atoms with Crippen LogP contribution in [-0.2, 0) is 0 Å². The molecule has 0 fully saturated rings. The average Bonchev–Trinajstić information content (AvgIpc) is 3.40.